The van der Waals surface area contributed by atoms with Crippen molar-refractivity contribution in [1.82, 2.24) is 4.90 Å². The van der Waals surface area contributed by atoms with Crippen LogP contribution in [0.5, 0.6) is 11.5 Å². The molecule has 1 aliphatic rings. The molecule has 4 heteroatoms. The summed E-state index contributed by atoms with van der Waals surface area (Å²) in [7, 11) is 1.66. The minimum atomic E-state index is -0.128. The molecule has 0 aliphatic carbocycles. The molecule has 0 spiro atoms. The lowest BCUT2D eigenvalue weighted by molar-refractivity contribution is 0.0812. The highest BCUT2D eigenvalue weighted by Crippen LogP contribution is 2.32. The third-order valence-corrected chi connectivity index (χ3v) is 2.29. The summed E-state index contributed by atoms with van der Waals surface area (Å²) in [5.74, 6) is 3.55. The minimum absolute atomic E-state index is 0.128. The molecule has 1 aliphatic heterocycles. The Kier molecular flexibility index (Phi) is 2.69. The molecule has 0 saturated carbocycles. The van der Waals surface area contributed by atoms with Gasteiger partial charge in [0, 0.05) is 12.6 Å². The topological polar surface area (TPSA) is 38.8 Å². The third kappa shape index (κ3) is 1.80. The Hall–Kier alpha value is -2.15. The predicted octanol–water partition coefficient (Wildman–Crippen LogP) is 1.12. The summed E-state index contributed by atoms with van der Waals surface area (Å²) in [6.07, 6.45) is 5.15. The van der Waals surface area contributed by atoms with Crippen LogP contribution < -0.4 is 9.47 Å². The first-order valence-electron chi connectivity index (χ1n) is 4.81. The van der Waals surface area contributed by atoms with E-state index in [1.165, 1.54) is 4.90 Å². The molecule has 82 valence electrons. The maximum Gasteiger partial charge on any atom is 0.254 e. The molecule has 16 heavy (non-hydrogen) atoms. The van der Waals surface area contributed by atoms with Crippen LogP contribution in [0.3, 0.4) is 0 Å². The molecule has 0 aromatic heterocycles. The van der Waals surface area contributed by atoms with Crippen molar-refractivity contribution >= 4 is 5.91 Å². The Bertz CT molecular complexity index is 462. The summed E-state index contributed by atoms with van der Waals surface area (Å²) < 4.78 is 10.4. The lowest BCUT2D eigenvalue weighted by Gasteiger charge is -2.13. The van der Waals surface area contributed by atoms with Gasteiger partial charge in [0.25, 0.3) is 5.91 Å². The SMILES string of the molecule is C#CCN(C)C(=O)c1ccc2c(c1)OCO2. The van der Waals surface area contributed by atoms with Crippen molar-refractivity contribution in [3.63, 3.8) is 0 Å². The average Bonchev–Trinajstić information content (AvgIpc) is 2.75. The molecule has 1 aromatic rings. The van der Waals surface area contributed by atoms with Gasteiger partial charge in [0.05, 0.1) is 6.54 Å². The van der Waals surface area contributed by atoms with E-state index in [2.05, 4.69) is 5.92 Å². The number of benzene rings is 1. The Morgan fingerprint density at radius 2 is 2.25 bits per heavy atom. The summed E-state index contributed by atoms with van der Waals surface area (Å²) >= 11 is 0. The predicted molar refractivity (Wildman–Crippen MR) is 58.4 cm³/mol. The lowest BCUT2D eigenvalue weighted by Crippen LogP contribution is -2.26. The summed E-state index contributed by atoms with van der Waals surface area (Å²) in [6, 6.07) is 5.08. The quantitative estimate of drug-likeness (QED) is 0.697. The van der Waals surface area contributed by atoms with E-state index in [0.29, 0.717) is 17.1 Å². The molecule has 0 fully saturated rings. The fraction of sp³-hybridized carbons (Fsp3) is 0.250. The highest BCUT2D eigenvalue weighted by molar-refractivity contribution is 5.94. The smallest absolute Gasteiger partial charge is 0.254 e. The van der Waals surface area contributed by atoms with Gasteiger partial charge in [0.15, 0.2) is 11.5 Å². The molecule has 0 unspecified atom stereocenters. The van der Waals surface area contributed by atoms with Gasteiger partial charge >= 0.3 is 0 Å². The van der Waals surface area contributed by atoms with Gasteiger partial charge in [-0.2, -0.15) is 0 Å². The molecule has 0 atom stereocenters. The van der Waals surface area contributed by atoms with Crippen molar-refractivity contribution in [1.29, 1.82) is 0 Å². The van der Waals surface area contributed by atoms with Crippen LogP contribution in [0.15, 0.2) is 18.2 Å². The van der Waals surface area contributed by atoms with E-state index in [-0.39, 0.29) is 19.2 Å². The van der Waals surface area contributed by atoms with Gasteiger partial charge in [-0.25, -0.2) is 0 Å². The molecule has 0 bridgehead atoms. The van der Waals surface area contributed by atoms with Gasteiger partial charge in [-0.05, 0) is 18.2 Å². The zero-order valence-corrected chi connectivity index (χ0v) is 8.90. The number of ether oxygens (including phenoxy) is 2. The summed E-state index contributed by atoms with van der Waals surface area (Å²) in [5.41, 5.74) is 0.544. The largest absolute Gasteiger partial charge is 0.454 e. The Morgan fingerprint density at radius 3 is 3.00 bits per heavy atom. The molecule has 1 heterocycles. The maximum absolute atomic E-state index is 11.9. The van der Waals surface area contributed by atoms with E-state index in [4.69, 9.17) is 15.9 Å². The molecule has 0 radical (unpaired) electrons. The van der Waals surface area contributed by atoms with Crippen LogP contribution in [0.2, 0.25) is 0 Å². The van der Waals surface area contributed by atoms with Gasteiger partial charge < -0.3 is 14.4 Å². The number of rotatable bonds is 2. The fourth-order valence-corrected chi connectivity index (χ4v) is 1.46. The van der Waals surface area contributed by atoms with E-state index in [9.17, 15) is 4.79 Å². The van der Waals surface area contributed by atoms with Crippen LogP contribution >= 0.6 is 0 Å². The number of hydrogen-bond acceptors (Lipinski definition) is 3. The van der Waals surface area contributed by atoms with Crippen LogP contribution in [0.4, 0.5) is 0 Å². The van der Waals surface area contributed by atoms with Crippen LogP contribution in [-0.2, 0) is 0 Å². The first-order valence-corrected chi connectivity index (χ1v) is 4.81. The normalized spacial score (nSPS) is 12.0. The second kappa shape index (κ2) is 4.15. The Morgan fingerprint density at radius 1 is 1.50 bits per heavy atom. The molecule has 0 saturated heterocycles. The number of terminal acetylenes is 1. The van der Waals surface area contributed by atoms with Crippen molar-refractivity contribution in [2.24, 2.45) is 0 Å². The number of carbonyl (C=O) groups is 1. The van der Waals surface area contributed by atoms with E-state index in [0.717, 1.165) is 0 Å². The molecule has 0 N–H and O–H groups in total. The monoisotopic (exact) mass is 217 g/mol. The van der Waals surface area contributed by atoms with Crippen molar-refractivity contribution in [2.75, 3.05) is 20.4 Å². The zero-order chi connectivity index (χ0) is 11.5. The molecule has 1 aromatic carbocycles. The first kappa shape index (κ1) is 10.4. The molecule has 4 nitrogen and oxygen atoms in total. The van der Waals surface area contributed by atoms with Crippen LogP contribution in [0.1, 0.15) is 10.4 Å². The van der Waals surface area contributed by atoms with E-state index in [1.54, 1.807) is 25.2 Å². The molecular formula is C12H11NO3. The van der Waals surface area contributed by atoms with Gasteiger partial charge in [-0.1, -0.05) is 5.92 Å². The van der Waals surface area contributed by atoms with Crippen molar-refractivity contribution in [3.05, 3.63) is 23.8 Å². The first-order chi connectivity index (χ1) is 7.72. The third-order valence-electron chi connectivity index (χ3n) is 2.29. The number of fused-ring (bicyclic) bond motifs is 1. The lowest BCUT2D eigenvalue weighted by atomic mass is 10.2. The Balaban J connectivity index is 2.22. The van der Waals surface area contributed by atoms with E-state index < -0.39 is 0 Å². The van der Waals surface area contributed by atoms with Crippen LogP contribution in [-0.4, -0.2) is 31.2 Å². The second-order valence-corrected chi connectivity index (χ2v) is 3.43. The highest BCUT2D eigenvalue weighted by Gasteiger charge is 2.17. The number of hydrogen-bond donors (Lipinski definition) is 0. The zero-order valence-electron chi connectivity index (χ0n) is 8.90. The Labute approximate surface area is 93.8 Å². The average molecular weight is 217 g/mol. The highest BCUT2D eigenvalue weighted by atomic mass is 16.7. The van der Waals surface area contributed by atoms with Gasteiger partial charge in [-0.3, -0.25) is 4.79 Å². The summed E-state index contributed by atoms with van der Waals surface area (Å²) in [4.78, 5) is 13.3. The second-order valence-electron chi connectivity index (χ2n) is 3.43. The number of amides is 1. The van der Waals surface area contributed by atoms with Gasteiger partial charge in [-0.15, -0.1) is 6.42 Å². The number of carbonyl (C=O) groups excluding carboxylic acids is 1. The summed E-state index contributed by atoms with van der Waals surface area (Å²) in [5, 5.41) is 0. The van der Waals surface area contributed by atoms with Crippen molar-refractivity contribution in [3.8, 4) is 23.8 Å². The summed E-state index contributed by atoms with van der Waals surface area (Å²) in [6.45, 7) is 0.487. The van der Waals surface area contributed by atoms with Crippen LogP contribution in [0.25, 0.3) is 0 Å². The molecule has 1 amide bonds. The molecular weight excluding hydrogens is 206 g/mol. The van der Waals surface area contributed by atoms with Crippen molar-refractivity contribution < 1.29 is 14.3 Å². The number of nitrogens with zero attached hydrogens (tertiary/aromatic N) is 1. The fourth-order valence-electron chi connectivity index (χ4n) is 1.46. The maximum atomic E-state index is 11.9. The van der Waals surface area contributed by atoms with Gasteiger partial charge in [0.2, 0.25) is 6.79 Å². The van der Waals surface area contributed by atoms with E-state index >= 15 is 0 Å². The standard InChI is InChI=1S/C12H11NO3/c1-3-6-13(2)12(14)9-4-5-10-11(7-9)16-8-15-10/h1,4-5,7H,6,8H2,2H3. The molecule has 2 rings (SSSR count). The van der Waals surface area contributed by atoms with Crippen molar-refractivity contribution in [2.45, 2.75) is 0 Å². The minimum Gasteiger partial charge on any atom is -0.454 e. The van der Waals surface area contributed by atoms with Crippen LogP contribution in [0, 0.1) is 12.3 Å². The van der Waals surface area contributed by atoms with Gasteiger partial charge in [0.1, 0.15) is 0 Å². The van der Waals surface area contributed by atoms with E-state index in [1.807, 2.05) is 0 Å².